The smallest absolute Gasteiger partial charge is 0.363 e. The first kappa shape index (κ1) is 22.6. The minimum absolute atomic E-state index is 0.832. The van der Waals surface area contributed by atoms with Gasteiger partial charge in [0.2, 0.25) is 0 Å². The molecule has 0 atom stereocenters. The number of hydrogen-bond donors (Lipinski definition) is 0. The van der Waals surface area contributed by atoms with E-state index in [2.05, 4.69) is 19.9 Å². The van der Waals surface area contributed by atoms with E-state index < -0.39 is 10.2 Å². The van der Waals surface area contributed by atoms with Crippen LogP contribution in [-0.2, 0) is 0 Å². The van der Waals surface area contributed by atoms with E-state index in [1.807, 2.05) is 48.5 Å². The molecule has 0 fully saturated rings. The average molecular weight is 421 g/mol. The zero-order chi connectivity index (χ0) is 21.6. The molecule has 0 aliphatic heterocycles. The van der Waals surface area contributed by atoms with Gasteiger partial charge in [-0.15, -0.1) is 10.2 Å². The van der Waals surface area contributed by atoms with Gasteiger partial charge in [0.25, 0.3) is 0 Å². The minimum atomic E-state index is -4.94. The standard InChI is InChI=1S/C21H21O3.ClHO4/c1-14-13-15(2)21(17-7-11-19(23-4)12-8-17)24-20(14)16-5-9-18(22-3)10-6-16;2-1(3,4)5/h5-13H,1-4H3;(H,2,3,4,5)/q+1;/p-1. The first-order valence-electron chi connectivity index (χ1n) is 8.47. The Morgan fingerprint density at radius 2 is 0.966 bits per heavy atom. The largest absolute Gasteiger partial charge is 0.497 e. The highest BCUT2D eigenvalue weighted by Gasteiger charge is 2.23. The molecule has 0 aliphatic carbocycles. The van der Waals surface area contributed by atoms with E-state index in [9.17, 15) is 0 Å². The van der Waals surface area contributed by atoms with Crippen LogP contribution in [0.1, 0.15) is 11.1 Å². The normalized spacial score (nSPS) is 10.8. The van der Waals surface area contributed by atoms with Gasteiger partial charge in [0.05, 0.1) is 36.5 Å². The summed E-state index contributed by atoms with van der Waals surface area (Å²) in [7, 11) is -1.61. The summed E-state index contributed by atoms with van der Waals surface area (Å²) in [6, 6.07) is 18.0. The fourth-order valence-corrected chi connectivity index (χ4v) is 2.78. The summed E-state index contributed by atoms with van der Waals surface area (Å²) in [4.78, 5) is 0. The Labute approximate surface area is 171 Å². The van der Waals surface area contributed by atoms with Crippen molar-refractivity contribution >= 4 is 0 Å². The molecule has 0 aliphatic rings. The second-order valence-corrected chi connectivity index (χ2v) is 6.86. The van der Waals surface area contributed by atoms with Crippen LogP contribution < -0.4 is 28.1 Å². The van der Waals surface area contributed by atoms with Gasteiger partial charge in [-0.1, -0.05) is 0 Å². The van der Waals surface area contributed by atoms with Crippen LogP contribution in [0, 0.1) is 24.1 Å². The van der Waals surface area contributed by atoms with Gasteiger partial charge in [0, 0.05) is 0 Å². The molecule has 0 saturated carbocycles. The molecule has 0 bridgehead atoms. The summed E-state index contributed by atoms with van der Waals surface area (Å²) in [6.45, 7) is 4.13. The highest BCUT2D eigenvalue weighted by atomic mass is 35.7. The second-order valence-electron chi connectivity index (χ2n) is 6.11. The van der Waals surface area contributed by atoms with E-state index in [0.717, 1.165) is 45.3 Å². The molecule has 154 valence electrons. The summed E-state index contributed by atoms with van der Waals surface area (Å²) in [5.41, 5.74) is 4.27. The molecule has 0 amide bonds. The van der Waals surface area contributed by atoms with Crippen LogP contribution >= 0.6 is 0 Å². The van der Waals surface area contributed by atoms with Gasteiger partial charge in [-0.05, 0) is 68.4 Å². The summed E-state index contributed by atoms with van der Waals surface area (Å²) in [5.74, 6) is 3.40. The van der Waals surface area contributed by atoms with Crippen molar-refractivity contribution < 1.29 is 42.8 Å². The van der Waals surface area contributed by atoms with Crippen LogP contribution in [0.25, 0.3) is 22.6 Å². The van der Waals surface area contributed by atoms with E-state index in [-0.39, 0.29) is 0 Å². The molecule has 0 spiro atoms. The predicted molar refractivity (Wildman–Crippen MR) is 96.6 cm³/mol. The van der Waals surface area contributed by atoms with Crippen LogP contribution in [-0.4, -0.2) is 14.2 Å². The zero-order valence-corrected chi connectivity index (χ0v) is 17.2. The van der Waals surface area contributed by atoms with E-state index in [1.165, 1.54) is 0 Å². The maximum atomic E-state index is 8.49. The fourth-order valence-electron chi connectivity index (χ4n) is 2.78. The molecule has 0 N–H and O–H groups in total. The van der Waals surface area contributed by atoms with Crippen LogP contribution in [0.15, 0.2) is 59.0 Å². The van der Waals surface area contributed by atoms with Gasteiger partial charge in [0.15, 0.2) is 0 Å². The molecule has 7 nitrogen and oxygen atoms in total. The predicted octanol–water partition coefficient (Wildman–Crippen LogP) is 0.773. The fraction of sp³-hybridized carbons (Fsp3) is 0.190. The molecular formula is C21H21ClO7. The number of benzene rings is 2. The molecule has 0 radical (unpaired) electrons. The van der Waals surface area contributed by atoms with E-state index in [0.29, 0.717) is 0 Å². The van der Waals surface area contributed by atoms with Gasteiger partial charge >= 0.3 is 11.5 Å². The average Bonchev–Trinajstić information content (AvgIpc) is 2.67. The summed E-state index contributed by atoms with van der Waals surface area (Å²) < 4.78 is 50.7. The maximum Gasteiger partial charge on any atom is 0.363 e. The Morgan fingerprint density at radius 3 is 1.24 bits per heavy atom. The molecule has 2 aromatic carbocycles. The Balaban J connectivity index is 0.000000537. The number of hydrogen-bond acceptors (Lipinski definition) is 6. The van der Waals surface area contributed by atoms with E-state index >= 15 is 0 Å². The van der Waals surface area contributed by atoms with Crippen molar-refractivity contribution in [2.45, 2.75) is 13.8 Å². The van der Waals surface area contributed by atoms with Crippen molar-refractivity contribution in [3.05, 3.63) is 65.7 Å². The molecule has 0 saturated heterocycles. The minimum Gasteiger partial charge on any atom is -0.497 e. The molecule has 3 aromatic rings. The van der Waals surface area contributed by atoms with Crippen molar-refractivity contribution in [2.75, 3.05) is 14.2 Å². The number of rotatable bonds is 4. The highest BCUT2D eigenvalue weighted by molar-refractivity contribution is 5.68. The third-order valence-electron chi connectivity index (χ3n) is 4.06. The second kappa shape index (κ2) is 9.69. The molecule has 0 unspecified atom stereocenters. The Hall–Kier alpha value is -2.68. The SMILES string of the molecule is COc1ccc(-c2[o+]c(-c3ccc(OC)cc3)c(C)cc2C)cc1.[O-][Cl+3]([O-])([O-])[O-]. The topological polar surface area (TPSA) is 122 Å². The number of halogens is 1. The molecule has 3 rings (SSSR count). The van der Waals surface area contributed by atoms with Gasteiger partial charge in [-0.2, -0.15) is 0 Å². The van der Waals surface area contributed by atoms with E-state index in [4.69, 9.17) is 32.5 Å². The lowest BCUT2D eigenvalue weighted by atomic mass is 10.0. The quantitative estimate of drug-likeness (QED) is 0.571. The van der Waals surface area contributed by atoms with Gasteiger partial charge in [-0.3, -0.25) is 0 Å². The first-order chi connectivity index (χ1) is 13.6. The lowest BCUT2D eigenvalue weighted by Crippen LogP contribution is -2.68. The van der Waals surface area contributed by atoms with Crippen LogP contribution in [0.2, 0.25) is 0 Å². The molecule has 1 heterocycles. The summed E-state index contributed by atoms with van der Waals surface area (Å²) in [6.07, 6.45) is 0. The molecule has 29 heavy (non-hydrogen) atoms. The Morgan fingerprint density at radius 1 is 0.655 bits per heavy atom. The zero-order valence-electron chi connectivity index (χ0n) is 16.4. The van der Waals surface area contributed by atoms with Crippen molar-refractivity contribution in [3.63, 3.8) is 0 Å². The summed E-state index contributed by atoms with van der Waals surface area (Å²) in [5, 5.41) is 0. The van der Waals surface area contributed by atoms with Gasteiger partial charge in [0.1, 0.15) is 11.5 Å². The van der Waals surface area contributed by atoms with Crippen LogP contribution in [0.5, 0.6) is 11.5 Å². The monoisotopic (exact) mass is 420 g/mol. The third kappa shape index (κ3) is 6.70. The lowest BCUT2D eigenvalue weighted by Gasteiger charge is -2.17. The molecular weight excluding hydrogens is 400 g/mol. The van der Waals surface area contributed by atoms with Crippen LogP contribution in [0.4, 0.5) is 0 Å². The van der Waals surface area contributed by atoms with Crippen molar-refractivity contribution in [1.82, 2.24) is 0 Å². The van der Waals surface area contributed by atoms with Gasteiger partial charge in [-0.25, -0.2) is 23.1 Å². The number of aryl methyl sites for hydroxylation is 2. The number of methoxy groups -OCH3 is 2. The van der Waals surface area contributed by atoms with E-state index in [1.54, 1.807) is 14.2 Å². The summed E-state index contributed by atoms with van der Waals surface area (Å²) >= 11 is 0. The molecule has 8 heteroatoms. The Bertz CT molecular complexity index is 858. The lowest BCUT2D eigenvalue weighted by molar-refractivity contribution is -2.00. The van der Waals surface area contributed by atoms with Crippen LogP contribution in [0.3, 0.4) is 0 Å². The first-order valence-corrected chi connectivity index (χ1v) is 9.70. The Kier molecular flexibility index (Phi) is 7.55. The van der Waals surface area contributed by atoms with Crippen molar-refractivity contribution in [1.29, 1.82) is 0 Å². The highest BCUT2D eigenvalue weighted by Crippen LogP contribution is 2.33. The van der Waals surface area contributed by atoms with Crippen molar-refractivity contribution in [2.24, 2.45) is 0 Å². The maximum absolute atomic E-state index is 8.49. The van der Waals surface area contributed by atoms with Crippen molar-refractivity contribution in [3.8, 4) is 34.1 Å². The third-order valence-corrected chi connectivity index (χ3v) is 4.06. The van der Waals surface area contributed by atoms with Gasteiger partial charge < -0.3 is 9.47 Å². The molecule has 1 aromatic heterocycles. The number of ether oxygens (including phenoxy) is 2.